The Kier molecular flexibility index (Phi) is 7.03. The summed E-state index contributed by atoms with van der Waals surface area (Å²) in [6, 6.07) is 12.9. The predicted octanol–water partition coefficient (Wildman–Crippen LogP) is 3.50. The molecular weight excluding hydrogens is 428 g/mol. The van der Waals surface area contributed by atoms with Gasteiger partial charge in [0, 0.05) is 44.9 Å². The Morgan fingerprint density at radius 1 is 1.09 bits per heavy atom. The van der Waals surface area contributed by atoms with Crippen molar-refractivity contribution in [3.8, 4) is 0 Å². The van der Waals surface area contributed by atoms with Crippen LogP contribution in [0.15, 0.2) is 55.1 Å². The van der Waals surface area contributed by atoms with E-state index in [4.69, 9.17) is 4.84 Å². The van der Waals surface area contributed by atoms with Crippen LogP contribution in [-0.4, -0.2) is 76.4 Å². The molecule has 2 aromatic heterocycles. The third kappa shape index (κ3) is 5.38. The fraction of sp³-hybridized carbons (Fsp3) is 0.480. The van der Waals surface area contributed by atoms with Crippen molar-refractivity contribution in [1.82, 2.24) is 29.5 Å². The molecule has 0 spiro atoms. The summed E-state index contributed by atoms with van der Waals surface area (Å²) in [6.07, 6.45) is 8.71. The molecule has 4 heterocycles. The van der Waals surface area contributed by atoms with E-state index < -0.39 is 0 Å². The van der Waals surface area contributed by atoms with Gasteiger partial charge in [0.25, 0.3) is 0 Å². The second-order valence-corrected chi connectivity index (χ2v) is 9.35. The van der Waals surface area contributed by atoms with Crippen LogP contribution < -0.4 is 10.4 Å². The molecule has 2 fully saturated rings. The highest BCUT2D eigenvalue weighted by atomic mass is 16.7. The number of likely N-dealkylation sites (N-methyl/N-ethyl adjacent to an activating group) is 1. The van der Waals surface area contributed by atoms with Gasteiger partial charge in [-0.05, 0) is 32.5 Å². The van der Waals surface area contributed by atoms with E-state index in [1.165, 1.54) is 5.56 Å². The van der Waals surface area contributed by atoms with Crippen LogP contribution in [0.2, 0.25) is 0 Å². The van der Waals surface area contributed by atoms with E-state index >= 15 is 0 Å². The second-order valence-electron chi connectivity index (χ2n) is 9.35. The minimum Gasteiger partial charge on any atom is -0.338 e. The van der Waals surface area contributed by atoms with Crippen LogP contribution in [0.5, 0.6) is 0 Å². The maximum atomic E-state index is 5.93. The van der Waals surface area contributed by atoms with Gasteiger partial charge in [0.2, 0.25) is 0 Å². The second kappa shape index (κ2) is 10.5. The van der Waals surface area contributed by atoms with Crippen molar-refractivity contribution in [1.29, 1.82) is 0 Å². The monoisotopic (exact) mass is 462 g/mol. The largest absolute Gasteiger partial charge is 0.338 e. The van der Waals surface area contributed by atoms with E-state index in [-0.39, 0.29) is 6.04 Å². The number of aromatic nitrogens is 4. The molecule has 9 nitrogen and oxygen atoms in total. The smallest absolute Gasteiger partial charge is 0.158 e. The lowest BCUT2D eigenvalue weighted by Gasteiger charge is -2.32. The molecule has 180 valence electrons. The van der Waals surface area contributed by atoms with E-state index in [0.29, 0.717) is 12.6 Å². The molecule has 2 aliphatic heterocycles. The Morgan fingerprint density at radius 3 is 2.71 bits per heavy atom. The summed E-state index contributed by atoms with van der Waals surface area (Å²) in [7, 11) is 4.26. The van der Waals surface area contributed by atoms with Crippen LogP contribution in [0.1, 0.15) is 36.9 Å². The highest BCUT2D eigenvalue weighted by Crippen LogP contribution is 2.34. The summed E-state index contributed by atoms with van der Waals surface area (Å²) in [5.41, 5.74) is 2.16. The molecule has 9 heteroatoms. The van der Waals surface area contributed by atoms with Crippen LogP contribution in [0.3, 0.4) is 0 Å². The third-order valence-electron chi connectivity index (χ3n) is 6.64. The molecular formula is C25H34N8O. The van der Waals surface area contributed by atoms with Gasteiger partial charge in [-0.25, -0.2) is 15.0 Å². The first-order valence-corrected chi connectivity index (χ1v) is 12.1. The topological polar surface area (TPSA) is 74.6 Å². The number of benzene rings is 1. The predicted molar refractivity (Wildman–Crippen MR) is 133 cm³/mol. The number of hydrogen-bond acceptors (Lipinski definition) is 8. The summed E-state index contributed by atoms with van der Waals surface area (Å²) < 4.78 is 2.10. The van der Waals surface area contributed by atoms with Gasteiger partial charge in [-0.2, -0.15) is 5.10 Å². The van der Waals surface area contributed by atoms with Crippen LogP contribution in [-0.2, 0) is 4.84 Å². The Morgan fingerprint density at radius 2 is 1.91 bits per heavy atom. The molecule has 0 saturated carbocycles. The van der Waals surface area contributed by atoms with Crippen LogP contribution in [0.4, 0.5) is 17.3 Å². The summed E-state index contributed by atoms with van der Waals surface area (Å²) in [5, 5.41) is 9.93. The molecule has 0 radical (unpaired) electrons. The fourth-order valence-electron chi connectivity index (χ4n) is 4.71. The first kappa shape index (κ1) is 22.8. The molecule has 3 aromatic rings. The highest BCUT2D eigenvalue weighted by molar-refractivity contribution is 5.58. The first-order valence-electron chi connectivity index (χ1n) is 12.1. The van der Waals surface area contributed by atoms with Gasteiger partial charge in [-0.1, -0.05) is 30.3 Å². The molecule has 5 rings (SSSR count). The van der Waals surface area contributed by atoms with Crippen molar-refractivity contribution in [2.45, 2.75) is 31.3 Å². The SMILES string of the molecule is CN(C)CCN1CCC(n2cc(Nc3cc(N4OCCC4c4ccccc4)ncn3)cn2)CC1. The third-order valence-corrected chi connectivity index (χ3v) is 6.64. The highest BCUT2D eigenvalue weighted by Gasteiger charge is 2.29. The molecule has 2 saturated heterocycles. The van der Waals surface area contributed by atoms with E-state index in [1.807, 2.05) is 23.4 Å². The number of hydroxylamine groups is 1. The molecule has 34 heavy (non-hydrogen) atoms. The maximum Gasteiger partial charge on any atom is 0.158 e. The summed E-state index contributed by atoms with van der Waals surface area (Å²) in [6.45, 7) is 5.15. The van der Waals surface area contributed by atoms with Crippen molar-refractivity contribution in [3.05, 3.63) is 60.7 Å². The maximum absolute atomic E-state index is 5.93. The first-order chi connectivity index (χ1) is 16.7. The summed E-state index contributed by atoms with van der Waals surface area (Å²) >= 11 is 0. The number of hydrogen-bond donors (Lipinski definition) is 1. The zero-order valence-electron chi connectivity index (χ0n) is 20.0. The van der Waals surface area contributed by atoms with E-state index in [1.54, 1.807) is 6.33 Å². The van der Waals surface area contributed by atoms with Crippen molar-refractivity contribution < 1.29 is 4.84 Å². The number of rotatable bonds is 8. The Bertz CT molecular complexity index is 1050. The van der Waals surface area contributed by atoms with E-state index in [0.717, 1.165) is 62.8 Å². The van der Waals surface area contributed by atoms with Gasteiger partial charge in [0.1, 0.15) is 12.1 Å². The number of anilines is 3. The van der Waals surface area contributed by atoms with Crippen molar-refractivity contribution >= 4 is 17.3 Å². The summed E-state index contributed by atoms with van der Waals surface area (Å²) in [4.78, 5) is 19.6. The Balaban J connectivity index is 1.21. The van der Waals surface area contributed by atoms with Gasteiger partial charge in [-0.15, -0.1) is 0 Å². The Hall–Kier alpha value is -3.01. The van der Waals surface area contributed by atoms with Crippen LogP contribution >= 0.6 is 0 Å². The number of nitrogens with one attached hydrogen (secondary N) is 1. The van der Waals surface area contributed by atoms with Gasteiger partial charge in [0.05, 0.1) is 30.6 Å². The molecule has 2 aliphatic rings. The molecule has 0 amide bonds. The quantitative estimate of drug-likeness (QED) is 0.545. The normalized spacial score (nSPS) is 19.7. The zero-order valence-corrected chi connectivity index (χ0v) is 20.0. The Labute approximate surface area is 201 Å². The van der Waals surface area contributed by atoms with Gasteiger partial charge >= 0.3 is 0 Å². The van der Waals surface area contributed by atoms with E-state index in [2.05, 4.69) is 79.4 Å². The van der Waals surface area contributed by atoms with Gasteiger partial charge in [0.15, 0.2) is 5.82 Å². The molecule has 0 bridgehead atoms. The minimum absolute atomic E-state index is 0.148. The van der Waals surface area contributed by atoms with E-state index in [9.17, 15) is 0 Å². The van der Waals surface area contributed by atoms with Crippen molar-refractivity contribution in [2.75, 3.05) is 57.3 Å². The number of nitrogens with zero attached hydrogens (tertiary/aromatic N) is 7. The number of piperidine rings is 1. The fourth-order valence-corrected chi connectivity index (χ4v) is 4.71. The minimum atomic E-state index is 0.148. The summed E-state index contributed by atoms with van der Waals surface area (Å²) in [5.74, 6) is 1.48. The van der Waals surface area contributed by atoms with Crippen LogP contribution in [0.25, 0.3) is 0 Å². The molecule has 1 unspecified atom stereocenters. The average molecular weight is 463 g/mol. The van der Waals surface area contributed by atoms with Gasteiger partial charge in [-0.3, -0.25) is 9.52 Å². The molecule has 0 aliphatic carbocycles. The standard InChI is InChI=1S/C25H34N8O/c1-30(2)13-14-31-11-8-22(9-12-31)32-18-21(17-28-32)29-24-16-25(27-19-26-24)33-23(10-15-34-33)20-6-4-3-5-7-20/h3-7,16-19,22-23H,8-15H2,1-2H3,(H,26,27,29). The lowest BCUT2D eigenvalue weighted by molar-refractivity contribution is 0.157. The van der Waals surface area contributed by atoms with Crippen molar-refractivity contribution in [3.63, 3.8) is 0 Å². The van der Waals surface area contributed by atoms with Gasteiger partial charge < -0.3 is 15.1 Å². The average Bonchev–Trinajstić information content (AvgIpc) is 3.54. The molecule has 1 N–H and O–H groups in total. The number of likely N-dealkylation sites (tertiary alicyclic amines) is 1. The lowest BCUT2D eigenvalue weighted by Crippen LogP contribution is -2.38. The van der Waals surface area contributed by atoms with Crippen molar-refractivity contribution in [2.24, 2.45) is 0 Å². The molecule has 1 aromatic carbocycles. The molecule has 1 atom stereocenters. The van der Waals surface area contributed by atoms with Crippen LogP contribution in [0, 0.1) is 0 Å². The lowest BCUT2D eigenvalue weighted by atomic mass is 10.0. The zero-order chi connectivity index (χ0) is 23.3.